The van der Waals surface area contributed by atoms with Crippen LogP contribution in [0.1, 0.15) is 69.7 Å². The number of allylic oxidation sites excluding steroid dienone is 1. The molecule has 34 heavy (non-hydrogen) atoms. The quantitative estimate of drug-likeness (QED) is 0.277. The van der Waals surface area contributed by atoms with E-state index in [2.05, 4.69) is 21.4 Å². The molecule has 2 aromatic heterocycles. The third-order valence-electron chi connectivity index (χ3n) is 5.90. The van der Waals surface area contributed by atoms with Crippen molar-refractivity contribution in [1.29, 1.82) is 0 Å². The topological polar surface area (TPSA) is 41.9 Å². The highest BCUT2D eigenvalue weighted by atomic mass is 32.2. The summed E-state index contributed by atoms with van der Waals surface area (Å²) in [5.74, 6) is 0.355. The Morgan fingerprint density at radius 2 is 1.74 bits per heavy atom. The van der Waals surface area contributed by atoms with E-state index in [0.29, 0.717) is 21.6 Å². The molecule has 6 heteroatoms. The van der Waals surface area contributed by atoms with Crippen LogP contribution in [0.4, 0.5) is 10.2 Å². The summed E-state index contributed by atoms with van der Waals surface area (Å²) in [6.45, 7) is 12.0. The predicted molar refractivity (Wildman–Crippen MR) is 145 cm³/mol. The van der Waals surface area contributed by atoms with Gasteiger partial charge in [0.15, 0.2) is 11.0 Å². The molecule has 3 aromatic rings. The number of fused-ring (bicyclic) bond motifs is 1. The van der Waals surface area contributed by atoms with Crippen molar-refractivity contribution < 1.29 is 4.39 Å². The van der Waals surface area contributed by atoms with Crippen LogP contribution in [0.15, 0.2) is 48.3 Å². The molecule has 1 aliphatic heterocycles. The average Bonchev–Trinajstić information content (AvgIpc) is 2.85. The lowest BCUT2D eigenvalue weighted by molar-refractivity contribution is 0.553. The van der Waals surface area contributed by atoms with Crippen LogP contribution in [0.5, 0.6) is 0 Å². The highest BCUT2D eigenvalue weighted by Gasteiger charge is 2.22. The van der Waals surface area contributed by atoms with Crippen LogP contribution in [0.2, 0.25) is 0 Å². The van der Waals surface area contributed by atoms with Gasteiger partial charge in [0.2, 0.25) is 0 Å². The van der Waals surface area contributed by atoms with Crippen LogP contribution in [0.3, 0.4) is 0 Å². The number of halogens is 1. The highest BCUT2D eigenvalue weighted by Crippen LogP contribution is 2.33. The second-order valence-corrected chi connectivity index (χ2v) is 8.81. The van der Waals surface area contributed by atoms with Gasteiger partial charge in [-0.05, 0) is 37.1 Å². The SMILES string of the molecule is C=C(c1ccccc1/C=C\C)c1ncc2c(N3CCCCCCC3)nc(SC)nc2c1F.CC. The molecule has 1 saturated heterocycles. The third-order valence-corrected chi connectivity index (χ3v) is 6.45. The first kappa shape index (κ1) is 25.9. The van der Waals surface area contributed by atoms with Crippen LogP contribution in [0.25, 0.3) is 22.6 Å². The largest absolute Gasteiger partial charge is 0.356 e. The maximum Gasteiger partial charge on any atom is 0.189 e. The summed E-state index contributed by atoms with van der Waals surface area (Å²) in [5, 5.41) is 1.24. The molecule has 0 saturated carbocycles. The van der Waals surface area contributed by atoms with E-state index in [1.165, 1.54) is 31.0 Å². The lowest BCUT2D eigenvalue weighted by Gasteiger charge is -2.27. The molecular weight excluding hydrogens is 443 g/mol. The van der Waals surface area contributed by atoms with E-state index in [1.54, 1.807) is 6.20 Å². The first-order chi connectivity index (χ1) is 16.6. The third kappa shape index (κ3) is 5.66. The molecule has 0 spiro atoms. The van der Waals surface area contributed by atoms with Gasteiger partial charge in [-0.1, -0.05) is 87.9 Å². The van der Waals surface area contributed by atoms with Crippen LogP contribution in [0, 0.1) is 5.82 Å². The van der Waals surface area contributed by atoms with Crippen molar-refractivity contribution in [3.8, 4) is 0 Å². The first-order valence-electron chi connectivity index (χ1n) is 12.2. The van der Waals surface area contributed by atoms with E-state index in [-0.39, 0.29) is 5.69 Å². The van der Waals surface area contributed by atoms with Gasteiger partial charge < -0.3 is 4.90 Å². The number of thioether (sulfide) groups is 1. The number of rotatable bonds is 5. The fourth-order valence-corrected chi connectivity index (χ4v) is 4.61. The van der Waals surface area contributed by atoms with Crippen molar-refractivity contribution in [3.63, 3.8) is 0 Å². The summed E-state index contributed by atoms with van der Waals surface area (Å²) in [5.41, 5.74) is 2.94. The zero-order chi connectivity index (χ0) is 24.5. The number of nitrogens with zero attached hydrogens (tertiary/aromatic N) is 4. The summed E-state index contributed by atoms with van der Waals surface area (Å²) in [6, 6.07) is 7.83. The van der Waals surface area contributed by atoms with Gasteiger partial charge in [0, 0.05) is 24.9 Å². The van der Waals surface area contributed by atoms with Gasteiger partial charge in [-0.15, -0.1) is 0 Å². The maximum atomic E-state index is 15.9. The Balaban J connectivity index is 0.00000158. The summed E-state index contributed by atoms with van der Waals surface area (Å²) < 4.78 is 15.9. The lowest BCUT2D eigenvalue weighted by atomic mass is 9.97. The summed E-state index contributed by atoms with van der Waals surface area (Å²) in [4.78, 5) is 16.1. The van der Waals surface area contributed by atoms with Crippen molar-refractivity contribution in [2.24, 2.45) is 0 Å². The fraction of sp³-hybridized carbons (Fsp3) is 0.393. The molecule has 4 nitrogen and oxygen atoms in total. The number of pyridine rings is 1. The van der Waals surface area contributed by atoms with Crippen molar-refractivity contribution in [1.82, 2.24) is 15.0 Å². The number of benzene rings is 1. The van der Waals surface area contributed by atoms with Gasteiger partial charge >= 0.3 is 0 Å². The Morgan fingerprint density at radius 3 is 2.41 bits per heavy atom. The van der Waals surface area contributed by atoms with Crippen molar-refractivity contribution in [3.05, 3.63) is 65.8 Å². The highest BCUT2D eigenvalue weighted by molar-refractivity contribution is 7.98. The minimum absolute atomic E-state index is 0.235. The Hall–Kier alpha value is -2.73. The molecule has 0 radical (unpaired) electrons. The molecule has 0 bridgehead atoms. The molecule has 0 N–H and O–H groups in total. The second-order valence-electron chi connectivity index (χ2n) is 8.04. The monoisotopic (exact) mass is 478 g/mol. The lowest BCUT2D eigenvalue weighted by Crippen LogP contribution is -2.28. The molecule has 1 aromatic carbocycles. The number of aromatic nitrogens is 3. The van der Waals surface area contributed by atoms with E-state index in [0.717, 1.165) is 42.9 Å². The molecule has 1 fully saturated rings. The maximum absolute atomic E-state index is 15.9. The van der Waals surface area contributed by atoms with E-state index in [1.807, 2.05) is 63.4 Å². The average molecular weight is 479 g/mol. The van der Waals surface area contributed by atoms with Crippen LogP contribution in [-0.4, -0.2) is 34.3 Å². The molecule has 0 unspecified atom stereocenters. The van der Waals surface area contributed by atoms with Crippen molar-refractivity contribution in [2.45, 2.75) is 58.0 Å². The summed E-state index contributed by atoms with van der Waals surface area (Å²) >= 11 is 1.43. The molecule has 0 amide bonds. The summed E-state index contributed by atoms with van der Waals surface area (Å²) in [7, 11) is 0. The number of hydrogen-bond donors (Lipinski definition) is 0. The standard InChI is InChI=1S/C26H29FN4S.C2H6/c1-4-12-19-13-8-9-14-20(19)18(2)23-22(27)24-21(17-28-23)25(30-26(29-24)32-3)31-15-10-6-5-7-11-16-31;1-2/h4,8-9,12-14,17H,2,5-7,10-11,15-16H2,1,3H3;1-2H3/b12-4-;. The van der Waals surface area contributed by atoms with E-state index < -0.39 is 5.82 Å². The van der Waals surface area contributed by atoms with E-state index in [9.17, 15) is 0 Å². The Bertz CT molecular complexity index is 1150. The Morgan fingerprint density at radius 1 is 1.06 bits per heavy atom. The van der Waals surface area contributed by atoms with Crippen LogP contribution >= 0.6 is 11.8 Å². The molecule has 4 rings (SSSR count). The Kier molecular flexibility index (Phi) is 9.63. The molecule has 3 heterocycles. The van der Waals surface area contributed by atoms with E-state index >= 15 is 4.39 Å². The van der Waals surface area contributed by atoms with Gasteiger partial charge in [-0.25, -0.2) is 14.4 Å². The zero-order valence-corrected chi connectivity index (χ0v) is 21.6. The van der Waals surface area contributed by atoms with Gasteiger partial charge in [-0.3, -0.25) is 4.98 Å². The Labute approximate surface area is 207 Å². The molecule has 0 atom stereocenters. The number of hydrogen-bond acceptors (Lipinski definition) is 5. The van der Waals surface area contributed by atoms with Gasteiger partial charge in [0.05, 0.1) is 5.39 Å². The number of anilines is 1. The van der Waals surface area contributed by atoms with Crippen LogP contribution in [-0.2, 0) is 0 Å². The molecule has 1 aliphatic rings. The second kappa shape index (κ2) is 12.7. The van der Waals surface area contributed by atoms with Gasteiger partial charge in [-0.2, -0.15) is 0 Å². The van der Waals surface area contributed by atoms with Crippen LogP contribution < -0.4 is 4.90 Å². The van der Waals surface area contributed by atoms with Crippen molar-refractivity contribution >= 4 is 40.1 Å². The minimum Gasteiger partial charge on any atom is -0.356 e. The first-order valence-corrected chi connectivity index (χ1v) is 13.4. The van der Waals surface area contributed by atoms with E-state index in [4.69, 9.17) is 4.98 Å². The van der Waals surface area contributed by atoms with Gasteiger partial charge in [0.1, 0.15) is 17.0 Å². The fourth-order valence-electron chi connectivity index (χ4n) is 4.25. The smallest absolute Gasteiger partial charge is 0.189 e. The predicted octanol–water partition coefficient (Wildman–Crippen LogP) is 7.78. The molecule has 0 aliphatic carbocycles. The normalized spacial score (nSPS) is 14.4. The molecule has 180 valence electrons. The summed E-state index contributed by atoms with van der Waals surface area (Å²) in [6.07, 6.45) is 13.6. The minimum atomic E-state index is -0.436. The molecular formula is C28H35FN4S. The van der Waals surface area contributed by atoms with Crippen molar-refractivity contribution in [2.75, 3.05) is 24.2 Å². The zero-order valence-electron chi connectivity index (χ0n) is 20.8. The van der Waals surface area contributed by atoms with Gasteiger partial charge in [0.25, 0.3) is 0 Å².